The van der Waals surface area contributed by atoms with Gasteiger partial charge in [-0.1, -0.05) is 0 Å². The summed E-state index contributed by atoms with van der Waals surface area (Å²) in [7, 11) is 0. The lowest BCUT2D eigenvalue weighted by Gasteiger charge is -2.21. The van der Waals surface area contributed by atoms with E-state index in [2.05, 4.69) is 9.88 Å². The lowest BCUT2D eigenvalue weighted by molar-refractivity contribution is 0.0330. The lowest BCUT2D eigenvalue weighted by Crippen LogP contribution is -2.38. The molecule has 0 unspecified atom stereocenters. The third kappa shape index (κ3) is 2.68. The molecule has 1 aliphatic rings. The number of hydrogen-bond acceptors (Lipinski definition) is 3. The number of aliphatic hydroxyl groups is 1. The molecule has 118 valence electrons. The van der Waals surface area contributed by atoms with Crippen LogP contribution in [0.25, 0.3) is 0 Å². The number of hydrogen-bond donors (Lipinski definition) is 2. The molecule has 2 heterocycles. The van der Waals surface area contributed by atoms with Gasteiger partial charge >= 0.3 is 0 Å². The van der Waals surface area contributed by atoms with Crippen LogP contribution in [0.3, 0.4) is 0 Å². The number of amides is 1. The summed E-state index contributed by atoms with van der Waals surface area (Å²) in [6.07, 6.45) is 3.88. The summed E-state index contributed by atoms with van der Waals surface area (Å²) in [6.45, 7) is 5.73. The molecule has 1 fully saturated rings. The molecule has 2 aromatic rings. The Morgan fingerprint density at radius 2 is 2.23 bits per heavy atom. The molecule has 0 saturated heterocycles. The van der Waals surface area contributed by atoms with Crippen molar-refractivity contribution in [3.8, 4) is 0 Å². The van der Waals surface area contributed by atoms with Gasteiger partial charge in [-0.15, -0.1) is 0 Å². The highest BCUT2D eigenvalue weighted by Crippen LogP contribution is 2.38. The second-order valence-corrected chi connectivity index (χ2v) is 6.32. The Labute approximate surface area is 129 Å². The van der Waals surface area contributed by atoms with E-state index < -0.39 is 5.60 Å². The first-order chi connectivity index (χ1) is 10.4. The van der Waals surface area contributed by atoms with E-state index in [4.69, 9.17) is 4.42 Å². The van der Waals surface area contributed by atoms with Crippen molar-refractivity contribution in [1.29, 1.82) is 0 Å². The molecule has 3 rings (SSSR count). The molecule has 1 aliphatic carbocycles. The van der Waals surface area contributed by atoms with E-state index >= 15 is 0 Å². The maximum absolute atomic E-state index is 12.4. The zero-order chi connectivity index (χ0) is 15.9. The monoisotopic (exact) mass is 302 g/mol. The number of furan rings is 1. The highest BCUT2D eigenvalue weighted by molar-refractivity contribution is 5.95. The number of aromatic nitrogens is 1. The van der Waals surface area contributed by atoms with Gasteiger partial charge in [0.05, 0.1) is 18.4 Å². The van der Waals surface area contributed by atoms with E-state index in [9.17, 15) is 9.90 Å². The third-order valence-electron chi connectivity index (χ3n) is 4.29. The minimum Gasteiger partial charge on any atom is -0.466 e. The Morgan fingerprint density at radius 1 is 1.50 bits per heavy atom. The second kappa shape index (κ2) is 5.32. The topological polar surface area (TPSA) is 67.4 Å². The highest BCUT2D eigenvalue weighted by atomic mass is 16.4. The maximum Gasteiger partial charge on any atom is 0.253 e. The van der Waals surface area contributed by atoms with Crippen LogP contribution in [0.4, 0.5) is 0 Å². The van der Waals surface area contributed by atoms with E-state index in [0.717, 1.165) is 11.4 Å². The van der Waals surface area contributed by atoms with Crippen molar-refractivity contribution in [3.05, 3.63) is 47.2 Å². The molecule has 5 nitrogen and oxygen atoms in total. The minimum absolute atomic E-state index is 0.104. The molecule has 0 aromatic carbocycles. The molecular weight excluding hydrogens is 280 g/mol. The van der Waals surface area contributed by atoms with Crippen molar-refractivity contribution in [1.82, 2.24) is 9.88 Å². The normalized spacial score (nSPS) is 17.3. The zero-order valence-electron chi connectivity index (χ0n) is 13.2. The Bertz CT molecular complexity index is 679. The van der Waals surface area contributed by atoms with Crippen molar-refractivity contribution in [3.63, 3.8) is 0 Å². The zero-order valence-corrected chi connectivity index (χ0v) is 13.2. The summed E-state index contributed by atoms with van der Waals surface area (Å²) in [4.78, 5) is 12.4. The van der Waals surface area contributed by atoms with Crippen molar-refractivity contribution < 1.29 is 14.3 Å². The average Bonchev–Trinajstić information content (AvgIpc) is 3.02. The Hall–Kier alpha value is -2.01. The smallest absolute Gasteiger partial charge is 0.253 e. The van der Waals surface area contributed by atoms with Gasteiger partial charge in [-0.05, 0) is 51.8 Å². The van der Waals surface area contributed by atoms with Gasteiger partial charge in [0.15, 0.2) is 0 Å². The van der Waals surface area contributed by atoms with E-state index in [1.165, 1.54) is 19.1 Å². The molecule has 22 heavy (non-hydrogen) atoms. The second-order valence-electron chi connectivity index (χ2n) is 6.32. The van der Waals surface area contributed by atoms with Crippen LogP contribution in [0, 0.1) is 13.8 Å². The van der Waals surface area contributed by atoms with Gasteiger partial charge in [0, 0.05) is 17.4 Å². The quantitative estimate of drug-likeness (QED) is 0.892. The van der Waals surface area contributed by atoms with Crippen LogP contribution in [0.5, 0.6) is 0 Å². The van der Waals surface area contributed by atoms with E-state index in [0.29, 0.717) is 17.4 Å². The SMILES string of the molecule is Cc1cc(C(=O)NC[C@@](C)(O)c2ccco2)c(C)n1C1CC1. The van der Waals surface area contributed by atoms with Gasteiger partial charge in [-0.2, -0.15) is 0 Å². The standard InChI is InChI=1S/C17H22N2O3/c1-11-9-14(12(2)19(11)13-6-7-13)16(20)18-10-17(3,21)15-5-4-8-22-15/h4-5,8-9,13,21H,6-7,10H2,1-3H3,(H,18,20)/t17-/m1/s1. The van der Waals surface area contributed by atoms with Crippen LogP contribution >= 0.6 is 0 Å². The molecule has 0 bridgehead atoms. The first-order valence-corrected chi connectivity index (χ1v) is 7.63. The lowest BCUT2D eigenvalue weighted by atomic mass is 10.0. The number of aryl methyl sites for hydroxylation is 1. The Morgan fingerprint density at radius 3 is 2.82 bits per heavy atom. The number of nitrogens with zero attached hydrogens (tertiary/aromatic N) is 1. The molecule has 1 amide bonds. The highest BCUT2D eigenvalue weighted by Gasteiger charge is 2.30. The summed E-state index contributed by atoms with van der Waals surface area (Å²) in [6, 6.07) is 5.89. The van der Waals surface area contributed by atoms with E-state index in [1.807, 2.05) is 19.9 Å². The fourth-order valence-electron chi connectivity index (χ4n) is 2.92. The van der Waals surface area contributed by atoms with Gasteiger partial charge in [0.2, 0.25) is 0 Å². The number of nitrogens with one attached hydrogen (secondary N) is 1. The number of carbonyl (C=O) groups excluding carboxylic acids is 1. The predicted octanol–water partition coefficient (Wildman–Crippen LogP) is 2.67. The van der Waals surface area contributed by atoms with E-state index in [-0.39, 0.29) is 12.5 Å². The summed E-state index contributed by atoms with van der Waals surface area (Å²) < 4.78 is 7.45. The van der Waals surface area contributed by atoms with Crippen LogP contribution in [-0.4, -0.2) is 22.1 Å². The third-order valence-corrected chi connectivity index (χ3v) is 4.29. The summed E-state index contributed by atoms with van der Waals surface area (Å²) in [5.74, 6) is 0.281. The maximum atomic E-state index is 12.4. The van der Waals surface area contributed by atoms with Crippen LogP contribution in [0.2, 0.25) is 0 Å². The van der Waals surface area contributed by atoms with Crippen molar-refractivity contribution in [2.45, 2.75) is 45.3 Å². The van der Waals surface area contributed by atoms with Crippen LogP contribution in [0.1, 0.15) is 53.3 Å². The summed E-state index contributed by atoms with van der Waals surface area (Å²) in [5.41, 5.74) is 1.57. The first kappa shape index (κ1) is 14.9. The largest absolute Gasteiger partial charge is 0.466 e. The average molecular weight is 302 g/mol. The molecule has 0 spiro atoms. The van der Waals surface area contributed by atoms with Gasteiger partial charge < -0.3 is 19.4 Å². The van der Waals surface area contributed by atoms with Gasteiger partial charge in [-0.3, -0.25) is 4.79 Å². The fraction of sp³-hybridized carbons (Fsp3) is 0.471. The number of carbonyl (C=O) groups is 1. The molecule has 5 heteroatoms. The van der Waals surface area contributed by atoms with Crippen molar-refractivity contribution in [2.75, 3.05) is 6.54 Å². The van der Waals surface area contributed by atoms with Gasteiger partial charge in [0.25, 0.3) is 5.91 Å². The molecule has 2 aromatic heterocycles. The summed E-state index contributed by atoms with van der Waals surface area (Å²) >= 11 is 0. The molecule has 2 N–H and O–H groups in total. The van der Waals surface area contributed by atoms with Crippen molar-refractivity contribution in [2.24, 2.45) is 0 Å². The van der Waals surface area contributed by atoms with Crippen LogP contribution in [-0.2, 0) is 5.60 Å². The van der Waals surface area contributed by atoms with E-state index in [1.54, 1.807) is 19.1 Å². The molecule has 0 radical (unpaired) electrons. The van der Waals surface area contributed by atoms with Gasteiger partial charge in [0.1, 0.15) is 11.4 Å². The Balaban J connectivity index is 1.71. The summed E-state index contributed by atoms with van der Waals surface area (Å²) in [5, 5.41) is 13.2. The predicted molar refractivity (Wildman–Crippen MR) is 82.8 cm³/mol. The first-order valence-electron chi connectivity index (χ1n) is 7.63. The molecule has 1 atom stereocenters. The molecule has 0 aliphatic heterocycles. The van der Waals surface area contributed by atoms with Crippen LogP contribution in [0.15, 0.2) is 28.9 Å². The van der Waals surface area contributed by atoms with Crippen LogP contribution < -0.4 is 5.32 Å². The Kier molecular flexibility index (Phi) is 3.60. The fourth-order valence-corrected chi connectivity index (χ4v) is 2.92. The molecule has 1 saturated carbocycles. The molecular formula is C17H22N2O3. The van der Waals surface area contributed by atoms with Gasteiger partial charge in [-0.25, -0.2) is 0 Å². The van der Waals surface area contributed by atoms with Crippen molar-refractivity contribution >= 4 is 5.91 Å². The number of rotatable bonds is 5. The minimum atomic E-state index is -1.22.